The van der Waals surface area contributed by atoms with Gasteiger partial charge in [-0.05, 0) is 68.7 Å². The molecular weight excluding hydrogens is 548 g/mol. The first-order valence-corrected chi connectivity index (χ1v) is 15.2. The molecule has 40 heavy (non-hydrogen) atoms. The third-order valence-corrected chi connectivity index (χ3v) is 8.43. The Morgan fingerprint density at radius 3 is 1.93 bits per heavy atom. The van der Waals surface area contributed by atoms with Gasteiger partial charge in [-0.2, -0.15) is 0 Å². The summed E-state index contributed by atoms with van der Waals surface area (Å²) in [7, 11) is -3.78. The molecule has 0 bridgehead atoms. The number of nitrogens with one attached hydrogen (secondary N) is 3. The first-order valence-electron chi connectivity index (χ1n) is 13.2. The zero-order valence-electron chi connectivity index (χ0n) is 23.2. The van der Waals surface area contributed by atoms with Crippen molar-refractivity contribution in [1.29, 1.82) is 0 Å². The van der Waals surface area contributed by atoms with Crippen LogP contribution in [0.2, 0.25) is 0 Å². The molecule has 0 fully saturated rings. The van der Waals surface area contributed by atoms with Gasteiger partial charge in [0.2, 0.25) is 5.91 Å². The van der Waals surface area contributed by atoms with Crippen molar-refractivity contribution >= 4 is 30.8 Å². The number of halogens is 1. The fraction of sp³-hybridized carbons (Fsp3) is 0.333. The highest BCUT2D eigenvalue weighted by atomic mass is 32.1. The summed E-state index contributed by atoms with van der Waals surface area (Å²) in [6.45, 7) is 7.37. The summed E-state index contributed by atoms with van der Waals surface area (Å²) in [5, 5.41) is 9.24. The lowest BCUT2D eigenvalue weighted by Gasteiger charge is -2.32. The molecule has 0 aliphatic carbocycles. The van der Waals surface area contributed by atoms with E-state index < -0.39 is 19.4 Å². The van der Waals surface area contributed by atoms with Crippen LogP contribution >= 0.6 is 19.8 Å². The first-order chi connectivity index (χ1) is 19.1. The van der Waals surface area contributed by atoms with E-state index in [0.717, 1.165) is 11.1 Å². The summed E-state index contributed by atoms with van der Waals surface area (Å²) >= 11 is 5.65. The second-order valence-corrected chi connectivity index (χ2v) is 12.3. The number of carbonyl (C=O) groups is 1. The van der Waals surface area contributed by atoms with Gasteiger partial charge in [-0.1, -0.05) is 72.8 Å². The summed E-state index contributed by atoms with van der Waals surface area (Å²) in [5.41, 5.74) is 2.35. The van der Waals surface area contributed by atoms with Crippen LogP contribution < -0.4 is 16.0 Å². The highest BCUT2D eigenvalue weighted by Gasteiger charge is 2.40. The van der Waals surface area contributed by atoms with Crippen LogP contribution in [0.1, 0.15) is 50.2 Å². The summed E-state index contributed by atoms with van der Waals surface area (Å²) in [5.74, 6) is -1.56. The molecule has 7 nitrogen and oxygen atoms in total. The molecule has 3 rings (SSSR count). The molecule has 0 aliphatic heterocycles. The van der Waals surface area contributed by atoms with Crippen LogP contribution in [0, 0.1) is 5.82 Å². The molecule has 0 aliphatic rings. The van der Waals surface area contributed by atoms with Crippen LogP contribution in [-0.4, -0.2) is 29.3 Å². The van der Waals surface area contributed by atoms with Gasteiger partial charge < -0.3 is 25.0 Å². The molecule has 3 aromatic rings. The molecule has 0 radical (unpaired) electrons. The van der Waals surface area contributed by atoms with E-state index in [1.54, 1.807) is 39.8 Å². The Morgan fingerprint density at radius 2 is 1.38 bits per heavy atom. The fourth-order valence-electron chi connectivity index (χ4n) is 4.01. The van der Waals surface area contributed by atoms with Crippen molar-refractivity contribution in [2.45, 2.75) is 64.7 Å². The predicted octanol–water partition coefficient (Wildman–Crippen LogP) is 6.26. The lowest BCUT2D eigenvalue weighted by atomic mass is 10.1. The normalized spacial score (nSPS) is 13.1. The molecule has 0 saturated heterocycles. The smallest absolute Gasteiger partial charge is 0.351 e. The lowest BCUT2D eigenvalue weighted by Crippen LogP contribution is -2.51. The summed E-state index contributed by atoms with van der Waals surface area (Å²) in [6.07, 6.45) is -0.402. The van der Waals surface area contributed by atoms with Crippen molar-refractivity contribution in [3.8, 4) is 0 Å². The zero-order chi connectivity index (χ0) is 29.1. The largest absolute Gasteiger partial charge is 0.357 e. The van der Waals surface area contributed by atoms with E-state index in [1.165, 1.54) is 12.1 Å². The van der Waals surface area contributed by atoms with Gasteiger partial charge in [0, 0.05) is 13.0 Å². The average Bonchev–Trinajstić information content (AvgIpc) is 2.91. The Bertz CT molecular complexity index is 1260. The standard InChI is InChI=1S/C30H37FN3O4PS/c1-21(2)37-39(36,38-22(3)4)29(25-13-9-6-10-14-25)34-30(40)33-27(19-23-11-7-5-8-12-23)28(35)32-20-24-15-17-26(31)18-16-24/h5-18,21-22,27,29H,19-20H2,1-4H3,(H,32,35)(H2,33,34,40)/t27-,29?/m0/s1. The number of hydrogen-bond acceptors (Lipinski definition) is 5. The van der Waals surface area contributed by atoms with Gasteiger partial charge >= 0.3 is 7.60 Å². The second kappa shape index (κ2) is 15.1. The van der Waals surface area contributed by atoms with Crippen LogP contribution in [0.25, 0.3) is 0 Å². The number of thiocarbonyl (C=S) groups is 1. The Kier molecular flexibility index (Phi) is 11.8. The van der Waals surface area contributed by atoms with Crippen LogP contribution in [0.3, 0.4) is 0 Å². The van der Waals surface area contributed by atoms with Gasteiger partial charge in [-0.25, -0.2) is 4.39 Å². The molecule has 0 spiro atoms. The molecule has 3 aromatic carbocycles. The minimum absolute atomic E-state index is 0.117. The van der Waals surface area contributed by atoms with Crippen molar-refractivity contribution < 1.29 is 22.8 Å². The van der Waals surface area contributed by atoms with E-state index in [2.05, 4.69) is 16.0 Å². The highest BCUT2D eigenvalue weighted by Crippen LogP contribution is 2.61. The maximum atomic E-state index is 14.2. The minimum Gasteiger partial charge on any atom is -0.351 e. The van der Waals surface area contributed by atoms with Crippen LogP contribution in [0.4, 0.5) is 4.39 Å². The summed E-state index contributed by atoms with van der Waals surface area (Å²) in [4.78, 5) is 13.3. The fourth-order valence-corrected chi connectivity index (χ4v) is 6.65. The Balaban J connectivity index is 1.83. The molecule has 2 atom stereocenters. The minimum atomic E-state index is -3.78. The number of carbonyl (C=O) groups excluding carboxylic acids is 1. The lowest BCUT2D eigenvalue weighted by molar-refractivity contribution is -0.122. The quantitative estimate of drug-likeness (QED) is 0.161. The van der Waals surface area contributed by atoms with E-state index in [1.807, 2.05) is 60.7 Å². The average molecular weight is 586 g/mol. The van der Waals surface area contributed by atoms with E-state index in [0.29, 0.717) is 12.0 Å². The SMILES string of the molecule is CC(C)OP(=O)(OC(C)C)C(NC(=S)N[C@@H](Cc1ccccc1)C(=O)NCc1ccc(F)cc1)c1ccccc1. The Labute approximate surface area is 241 Å². The van der Waals surface area contributed by atoms with Crippen molar-refractivity contribution in [2.24, 2.45) is 0 Å². The van der Waals surface area contributed by atoms with E-state index >= 15 is 0 Å². The van der Waals surface area contributed by atoms with E-state index in [4.69, 9.17) is 21.3 Å². The molecule has 10 heteroatoms. The van der Waals surface area contributed by atoms with E-state index in [-0.39, 0.29) is 35.6 Å². The second-order valence-electron chi connectivity index (χ2n) is 9.87. The van der Waals surface area contributed by atoms with Crippen LogP contribution in [0.5, 0.6) is 0 Å². The zero-order valence-corrected chi connectivity index (χ0v) is 24.9. The number of amides is 1. The molecular formula is C30H37FN3O4PS. The van der Waals surface area contributed by atoms with Gasteiger partial charge in [-0.3, -0.25) is 9.36 Å². The summed E-state index contributed by atoms with van der Waals surface area (Å²) in [6, 6.07) is 23.9. The molecule has 0 saturated carbocycles. The van der Waals surface area contributed by atoms with Gasteiger partial charge in [0.1, 0.15) is 11.9 Å². The van der Waals surface area contributed by atoms with Gasteiger partial charge in [-0.15, -0.1) is 0 Å². The molecule has 214 valence electrons. The molecule has 0 heterocycles. The van der Waals surface area contributed by atoms with Crippen LogP contribution in [0.15, 0.2) is 84.9 Å². The highest BCUT2D eigenvalue weighted by molar-refractivity contribution is 7.80. The third kappa shape index (κ3) is 9.82. The summed E-state index contributed by atoms with van der Waals surface area (Å²) < 4.78 is 39.2. The molecule has 1 amide bonds. The van der Waals surface area contributed by atoms with Gasteiger partial charge in [0.15, 0.2) is 10.9 Å². The van der Waals surface area contributed by atoms with Crippen molar-refractivity contribution in [3.63, 3.8) is 0 Å². The first kappa shape index (κ1) is 31.4. The molecule has 3 N–H and O–H groups in total. The maximum absolute atomic E-state index is 14.2. The number of benzene rings is 3. The maximum Gasteiger partial charge on any atom is 0.357 e. The van der Waals surface area contributed by atoms with Crippen molar-refractivity contribution in [3.05, 3.63) is 107 Å². The topological polar surface area (TPSA) is 88.7 Å². The van der Waals surface area contributed by atoms with Crippen molar-refractivity contribution in [2.75, 3.05) is 0 Å². The van der Waals surface area contributed by atoms with E-state index in [9.17, 15) is 13.8 Å². The Hall–Kier alpha value is -3.10. The van der Waals surface area contributed by atoms with Crippen LogP contribution in [-0.2, 0) is 31.4 Å². The number of hydrogen-bond donors (Lipinski definition) is 3. The van der Waals surface area contributed by atoms with Crippen molar-refractivity contribution in [1.82, 2.24) is 16.0 Å². The van der Waals surface area contributed by atoms with Gasteiger partial charge in [0.05, 0.1) is 12.2 Å². The third-order valence-electron chi connectivity index (χ3n) is 5.70. The number of rotatable bonds is 13. The molecule has 1 unspecified atom stereocenters. The Morgan fingerprint density at radius 1 is 0.825 bits per heavy atom. The molecule has 0 aromatic heterocycles. The predicted molar refractivity (Wildman–Crippen MR) is 160 cm³/mol. The van der Waals surface area contributed by atoms with Gasteiger partial charge in [0.25, 0.3) is 0 Å². The monoisotopic (exact) mass is 585 g/mol.